The van der Waals surface area contributed by atoms with E-state index in [1.165, 1.54) is 45.8 Å². The third kappa shape index (κ3) is 5.18. The van der Waals surface area contributed by atoms with E-state index in [-0.39, 0.29) is 23.6 Å². The average molecular weight is 490 g/mol. The van der Waals surface area contributed by atoms with Crippen molar-refractivity contribution in [3.8, 4) is 17.2 Å². The second kappa shape index (κ2) is 10.0. The Hall–Kier alpha value is -3.46. The van der Waals surface area contributed by atoms with Crippen LogP contribution < -0.4 is 19.5 Å². The van der Waals surface area contributed by atoms with Gasteiger partial charge >= 0.3 is 5.97 Å². The Morgan fingerprint density at radius 1 is 0.968 bits per heavy atom. The fourth-order valence-corrected chi connectivity index (χ4v) is 3.23. The number of anilines is 1. The maximum absolute atomic E-state index is 12.9. The SMILES string of the molecule is COc1ccc(Br)cc1COC(=O)c1cc(OC)c(OC)cc1NC(=O)c1ccco1. The summed E-state index contributed by atoms with van der Waals surface area (Å²) in [5, 5.41) is 2.65. The van der Waals surface area contributed by atoms with E-state index in [1.807, 2.05) is 6.07 Å². The van der Waals surface area contributed by atoms with Crippen LogP contribution in [0.15, 0.2) is 57.6 Å². The zero-order chi connectivity index (χ0) is 22.4. The minimum Gasteiger partial charge on any atom is -0.496 e. The molecule has 1 N–H and O–H groups in total. The van der Waals surface area contributed by atoms with Gasteiger partial charge in [-0.15, -0.1) is 0 Å². The lowest BCUT2D eigenvalue weighted by Crippen LogP contribution is -2.16. The standard InChI is InChI=1S/C22H20BrNO7/c1-27-17-7-6-14(23)9-13(17)12-31-22(26)15-10-19(28-2)20(29-3)11-16(15)24-21(25)18-5-4-8-30-18/h4-11H,12H2,1-3H3,(H,24,25). The first kappa shape index (κ1) is 22.2. The van der Waals surface area contributed by atoms with Crippen LogP contribution >= 0.6 is 15.9 Å². The van der Waals surface area contributed by atoms with Gasteiger partial charge in [-0.25, -0.2) is 4.79 Å². The molecule has 31 heavy (non-hydrogen) atoms. The number of halogens is 1. The van der Waals surface area contributed by atoms with Crippen LogP contribution in [0.25, 0.3) is 0 Å². The monoisotopic (exact) mass is 489 g/mol. The van der Waals surface area contributed by atoms with Crippen molar-refractivity contribution >= 4 is 33.5 Å². The average Bonchev–Trinajstić information content (AvgIpc) is 3.32. The number of rotatable bonds is 8. The molecule has 0 saturated heterocycles. The number of esters is 1. The summed E-state index contributed by atoms with van der Waals surface area (Å²) in [6.45, 7) is -0.0403. The van der Waals surface area contributed by atoms with E-state index in [4.69, 9.17) is 23.4 Å². The van der Waals surface area contributed by atoms with Crippen LogP contribution in [0, 0.1) is 0 Å². The lowest BCUT2D eigenvalue weighted by Gasteiger charge is -2.15. The van der Waals surface area contributed by atoms with Gasteiger partial charge in [0, 0.05) is 22.2 Å². The number of nitrogens with one attached hydrogen (secondary N) is 1. The van der Waals surface area contributed by atoms with Gasteiger partial charge in [0.1, 0.15) is 12.4 Å². The summed E-state index contributed by atoms with van der Waals surface area (Å²) < 4.78 is 27.3. The van der Waals surface area contributed by atoms with Gasteiger partial charge in [0.2, 0.25) is 0 Å². The van der Waals surface area contributed by atoms with Crippen molar-refractivity contribution < 1.29 is 33.0 Å². The number of ether oxygens (including phenoxy) is 4. The molecule has 0 aliphatic carbocycles. The first-order chi connectivity index (χ1) is 15.0. The van der Waals surface area contributed by atoms with E-state index in [0.29, 0.717) is 22.8 Å². The Labute approximate surface area is 187 Å². The molecule has 2 aromatic carbocycles. The van der Waals surface area contributed by atoms with Crippen LogP contribution in [0.3, 0.4) is 0 Å². The molecule has 0 atom stereocenters. The topological polar surface area (TPSA) is 96.2 Å². The molecule has 0 saturated carbocycles. The molecule has 162 valence electrons. The zero-order valence-corrected chi connectivity index (χ0v) is 18.6. The van der Waals surface area contributed by atoms with Crippen LogP contribution in [0.4, 0.5) is 5.69 Å². The maximum Gasteiger partial charge on any atom is 0.340 e. The molecular formula is C22H20BrNO7. The molecule has 0 unspecified atom stereocenters. The first-order valence-electron chi connectivity index (χ1n) is 9.07. The van der Waals surface area contributed by atoms with E-state index >= 15 is 0 Å². The molecule has 0 aliphatic rings. The zero-order valence-electron chi connectivity index (χ0n) is 17.1. The molecular weight excluding hydrogens is 470 g/mol. The number of methoxy groups -OCH3 is 3. The molecule has 8 nitrogen and oxygen atoms in total. The van der Waals surface area contributed by atoms with E-state index in [9.17, 15) is 9.59 Å². The van der Waals surface area contributed by atoms with Crippen LogP contribution in [-0.4, -0.2) is 33.2 Å². The van der Waals surface area contributed by atoms with Gasteiger partial charge in [0.05, 0.1) is 38.8 Å². The van der Waals surface area contributed by atoms with E-state index in [1.54, 1.807) is 18.2 Å². The quantitative estimate of drug-likeness (QED) is 0.458. The van der Waals surface area contributed by atoms with Crippen molar-refractivity contribution in [2.24, 2.45) is 0 Å². The van der Waals surface area contributed by atoms with Gasteiger partial charge in [-0.3, -0.25) is 4.79 Å². The molecule has 3 rings (SSSR count). The number of furan rings is 1. The highest BCUT2D eigenvalue weighted by molar-refractivity contribution is 9.10. The summed E-state index contributed by atoms with van der Waals surface area (Å²) in [5.74, 6) is 0.119. The second-order valence-corrected chi connectivity index (χ2v) is 7.13. The molecule has 9 heteroatoms. The summed E-state index contributed by atoms with van der Waals surface area (Å²) in [4.78, 5) is 25.4. The highest BCUT2D eigenvalue weighted by Gasteiger charge is 2.21. The minimum atomic E-state index is -0.669. The van der Waals surface area contributed by atoms with Crippen LogP contribution in [0.1, 0.15) is 26.5 Å². The van der Waals surface area contributed by atoms with E-state index in [0.717, 1.165) is 4.47 Å². The second-order valence-electron chi connectivity index (χ2n) is 6.22. The minimum absolute atomic E-state index is 0.0403. The highest BCUT2D eigenvalue weighted by atomic mass is 79.9. The number of benzene rings is 2. The van der Waals surface area contributed by atoms with Crippen molar-refractivity contribution in [2.45, 2.75) is 6.61 Å². The van der Waals surface area contributed by atoms with E-state index < -0.39 is 11.9 Å². The molecule has 0 aliphatic heterocycles. The molecule has 0 spiro atoms. The fourth-order valence-electron chi connectivity index (χ4n) is 2.82. The Morgan fingerprint density at radius 2 is 1.68 bits per heavy atom. The fraction of sp³-hybridized carbons (Fsp3) is 0.182. The van der Waals surface area contributed by atoms with Crippen molar-refractivity contribution in [1.82, 2.24) is 0 Å². The largest absolute Gasteiger partial charge is 0.496 e. The van der Waals surface area contributed by atoms with Crippen LogP contribution in [0.2, 0.25) is 0 Å². The molecule has 1 heterocycles. The normalized spacial score (nSPS) is 10.3. The summed E-state index contributed by atoms with van der Waals surface area (Å²) in [5.41, 5.74) is 0.948. The van der Waals surface area contributed by atoms with Gasteiger partial charge in [0.15, 0.2) is 17.3 Å². The Kier molecular flexibility index (Phi) is 7.19. The highest BCUT2D eigenvalue weighted by Crippen LogP contribution is 2.34. The summed E-state index contributed by atoms with van der Waals surface area (Å²) in [6.07, 6.45) is 1.38. The summed E-state index contributed by atoms with van der Waals surface area (Å²) in [6, 6.07) is 11.4. The molecule has 1 amide bonds. The van der Waals surface area contributed by atoms with E-state index in [2.05, 4.69) is 21.2 Å². The van der Waals surface area contributed by atoms with Gasteiger partial charge in [-0.05, 0) is 30.3 Å². The lowest BCUT2D eigenvalue weighted by atomic mass is 10.1. The molecule has 3 aromatic rings. The van der Waals surface area contributed by atoms with Gasteiger partial charge < -0.3 is 28.7 Å². The third-order valence-corrected chi connectivity index (χ3v) is 4.83. The predicted molar refractivity (Wildman–Crippen MR) is 116 cm³/mol. The Morgan fingerprint density at radius 3 is 2.32 bits per heavy atom. The van der Waals surface area contributed by atoms with Crippen molar-refractivity contribution in [2.75, 3.05) is 26.6 Å². The van der Waals surface area contributed by atoms with Crippen molar-refractivity contribution in [3.05, 3.63) is 70.1 Å². The molecule has 0 bridgehead atoms. The molecule has 0 radical (unpaired) electrons. The van der Waals surface area contributed by atoms with Crippen LogP contribution in [-0.2, 0) is 11.3 Å². The predicted octanol–water partition coefficient (Wildman–Crippen LogP) is 4.68. The van der Waals surface area contributed by atoms with Gasteiger partial charge in [-0.2, -0.15) is 0 Å². The Balaban J connectivity index is 1.89. The lowest BCUT2D eigenvalue weighted by molar-refractivity contribution is 0.0471. The maximum atomic E-state index is 12.9. The third-order valence-electron chi connectivity index (χ3n) is 4.34. The van der Waals surface area contributed by atoms with Crippen molar-refractivity contribution in [3.63, 3.8) is 0 Å². The number of hydrogen-bond donors (Lipinski definition) is 1. The number of hydrogen-bond acceptors (Lipinski definition) is 7. The molecule has 0 fully saturated rings. The first-order valence-corrected chi connectivity index (χ1v) is 9.86. The van der Waals surface area contributed by atoms with Gasteiger partial charge in [-0.1, -0.05) is 15.9 Å². The smallest absolute Gasteiger partial charge is 0.340 e. The Bertz CT molecular complexity index is 1080. The summed E-state index contributed by atoms with van der Waals surface area (Å²) >= 11 is 3.39. The van der Waals surface area contributed by atoms with Crippen LogP contribution in [0.5, 0.6) is 17.2 Å². The van der Waals surface area contributed by atoms with Crippen molar-refractivity contribution in [1.29, 1.82) is 0 Å². The number of carbonyl (C=O) groups excluding carboxylic acids is 2. The number of amides is 1. The number of carbonyl (C=O) groups is 2. The van der Waals surface area contributed by atoms with Gasteiger partial charge in [0.25, 0.3) is 5.91 Å². The molecule has 1 aromatic heterocycles. The summed E-state index contributed by atoms with van der Waals surface area (Å²) in [7, 11) is 4.43.